The number of ketones is 2. The molecule has 4 bridgehead atoms. The van der Waals surface area contributed by atoms with Crippen molar-refractivity contribution < 1.29 is 48.8 Å². The van der Waals surface area contributed by atoms with Crippen molar-refractivity contribution in [1.29, 1.82) is 0 Å². The molecule has 7 rings (SSSR count). The summed E-state index contributed by atoms with van der Waals surface area (Å²) in [5.74, 6) is -7.45. The predicted molar refractivity (Wildman–Crippen MR) is 162 cm³/mol. The van der Waals surface area contributed by atoms with Crippen molar-refractivity contribution in [3.63, 3.8) is 0 Å². The largest absolute Gasteiger partial charge is 0.481 e. The van der Waals surface area contributed by atoms with Gasteiger partial charge in [-0.3, -0.25) is 19.2 Å². The number of fused-ring (bicyclic) bond motifs is 2. The van der Waals surface area contributed by atoms with Crippen molar-refractivity contribution in [1.82, 2.24) is 5.32 Å². The van der Waals surface area contributed by atoms with Crippen molar-refractivity contribution in [3.8, 4) is 0 Å². The maximum atomic E-state index is 14.4. The fourth-order valence-corrected chi connectivity index (χ4v) is 9.84. The lowest BCUT2D eigenvalue weighted by Gasteiger charge is -2.72. The summed E-state index contributed by atoms with van der Waals surface area (Å²) in [4.78, 5) is 66.3. The van der Waals surface area contributed by atoms with E-state index in [0.717, 1.165) is 5.56 Å². The van der Waals surface area contributed by atoms with Gasteiger partial charge in [-0.05, 0) is 54.6 Å². The van der Waals surface area contributed by atoms with Crippen molar-refractivity contribution in [3.05, 3.63) is 48.0 Å². The average molecular weight is 638 g/mol. The monoisotopic (exact) mass is 637 g/mol. The number of esters is 1. The van der Waals surface area contributed by atoms with Gasteiger partial charge in [-0.2, -0.15) is 0 Å². The average Bonchev–Trinajstić information content (AvgIpc) is 3.12. The smallest absolute Gasteiger partial charge is 0.329 e. The van der Waals surface area contributed by atoms with Gasteiger partial charge in [0.25, 0.3) is 0 Å². The van der Waals surface area contributed by atoms with Crippen LogP contribution in [0.1, 0.15) is 70.8 Å². The highest BCUT2D eigenvalue weighted by molar-refractivity contribution is 6.06. The maximum absolute atomic E-state index is 14.4. The molecule has 11 nitrogen and oxygen atoms in total. The van der Waals surface area contributed by atoms with E-state index in [-0.39, 0.29) is 43.6 Å². The number of ether oxygens (including phenoxy) is 2. The fourth-order valence-electron chi connectivity index (χ4n) is 9.84. The molecule has 2 heterocycles. The lowest BCUT2D eigenvalue weighted by molar-refractivity contribution is -0.437. The fraction of sp³-hybridized carbons (Fsp3) is 0.629. The van der Waals surface area contributed by atoms with Crippen LogP contribution in [0.2, 0.25) is 0 Å². The van der Waals surface area contributed by atoms with Crippen LogP contribution < -0.4 is 5.32 Å². The lowest BCUT2D eigenvalue weighted by atomic mass is 9.36. The molecular weight excluding hydrogens is 594 g/mol. The molecule has 1 aromatic rings. The minimum absolute atomic E-state index is 0.000789. The van der Waals surface area contributed by atoms with E-state index in [9.17, 15) is 34.2 Å². The highest BCUT2D eigenvalue weighted by Gasteiger charge is 2.88. The third-order valence-electron chi connectivity index (χ3n) is 11.8. The molecule has 11 heteroatoms. The van der Waals surface area contributed by atoms with Gasteiger partial charge in [0.1, 0.15) is 29.4 Å². The molecule has 4 aliphatic carbocycles. The number of aliphatic carboxylic acids is 1. The standard InChI is InChI=1S/C35H43NO10/c1-19-21-13-14-23-33-18-45-35(44,29(42)27(33)32(2,3)16-15-24(33)37)34(23,28(19)41)30(21)46-31(43)22(17-20-9-5-4-6-10-20)36-25(38)11-7-8-12-26(39)40/h4-6,9-10,21-23,27,29-30,42,44H,1,7-8,11-18H2,2-3H3,(H,36,38)(H,39,40)/t21-,22?,23+,27-,29+,30-,33-,34+,35-/m1/s1. The van der Waals surface area contributed by atoms with Gasteiger partial charge < -0.3 is 30.1 Å². The van der Waals surface area contributed by atoms with Gasteiger partial charge in [-0.25, -0.2) is 4.79 Å². The van der Waals surface area contributed by atoms with Crippen LogP contribution in [0, 0.1) is 34.0 Å². The summed E-state index contributed by atoms with van der Waals surface area (Å²) in [5.41, 5.74) is -2.84. The number of unbranched alkanes of at least 4 members (excludes halogenated alkanes) is 1. The second-order valence-corrected chi connectivity index (χ2v) is 14.6. The van der Waals surface area contributed by atoms with Crippen molar-refractivity contribution in [2.24, 2.45) is 34.0 Å². The Bertz CT molecular complexity index is 1470. The molecule has 4 N–H and O–H groups in total. The van der Waals surface area contributed by atoms with Crippen LogP contribution in [0.15, 0.2) is 42.5 Å². The first-order valence-corrected chi connectivity index (χ1v) is 16.3. The zero-order chi connectivity index (χ0) is 33.2. The van der Waals surface area contributed by atoms with Crippen molar-refractivity contribution in [2.75, 3.05) is 6.61 Å². The summed E-state index contributed by atoms with van der Waals surface area (Å²) in [6.07, 6.45) is -0.730. The van der Waals surface area contributed by atoms with Crippen LogP contribution in [0.4, 0.5) is 0 Å². The van der Waals surface area contributed by atoms with Crippen LogP contribution >= 0.6 is 0 Å². The number of nitrogens with one attached hydrogen (secondary N) is 1. The summed E-state index contributed by atoms with van der Waals surface area (Å²) < 4.78 is 12.3. The quantitative estimate of drug-likeness (QED) is 0.169. The highest BCUT2D eigenvalue weighted by Crippen LogP contribution is 2.76. The molecule has 1 amide bonds. The Hall–Kier alpha value is -3.41. The molecule has 0 aromatic heterocycles. The van der Waals surface area contributed by atoms with Gasteiger partial charge in [0.2, 0.25) is 11.7 Å². The van der Waals surface area contributed by atoms with E-state index >= 15 is 0 Å². The van der Waals surface area contributed by atoms with Crippen molar-refractivity contribution >= 4 is 29.4 Å². The first-order chi connectivity index (χ1) is 21.7. The molecule has 2 spiro atoms. The Labute approximate surface area is 267 Å². The zero-order valence-electron chi connectivity index (χ0n) is 26.3. The van der Waals surface area contributed by atoms with Crippen LogP contribution in [-0.4, -0.2) is 75.4 Å². The normalized spacial score (nSPS) is 37.7. The molecule has 9 atom stereocenters. The molecule has 0 radical (unpaired) electrons. The highest BCUT2D eigenvalue weighted by atomic mass is 16.6. The summed E-state index contributed by atoms with van der Waals surface area (Å²) in [7, 11) is 0. The van der Waals surface area contributed by atoms with Crippen LogP contribution in [-0.2, 0) is 39.9 Å². The Morgan fingerprint density at radius 1 is 1.11 bits per heavy atom. The topological polar surface area (TPSA) is 177 Å². The van der Waals surface area contributed by atoms with Crippen molar-refractivity contribution in [2.45, 2.75) is 95.7 Å². The summed E-state index contributed by atoms with van der Waals surface area (Å²) in [6, 6.07) is 7.84. The van der Waals surface area contributed by atoms with E-state index in [2.05, 4.69) is 11.9 Å². The molecule has 248 valence electrons. The predicted octanol–water partition coefficient (Wildman–Crippen LogP) is 2.51. The Kier molecular flexibility index (Phi) is 8.05. The Morgan fingerprint density at radius 2 is 1.80 bits per heavy atom. The number of rotatable bonds is 10. The molecular formula is C35H43NO10. The van der Waals surface area contributed by atoms with Gasteiger partial charge in [0, 0.05) is 37.5 Å². The van der Waals surface area contributed by atoms with Crippen LogP contribution in [0.3, 0.4) is 0 Å². The summed E-state index contributed by atoms with van der Waals surface area (Å²) in [6.45, 7) is 7.82. The molecule has 6 fully saturated rings. The second-order valence-electron chi connectivity index (χ2n) is 14.6. The molecule has 2 saturated heterocycles. The molecule has 4 saturated carbocycles. The number of aliphatic hydroxyl groups is 2. The molecule has 46 heavy (non-hydrogen) atoms. The van der Waals surface area contributed by atoms with E-state index in [1.807, 2.05) is 19.9 Å². The first kappa shape index (κ1) is 32.5. The number of carboxylic acids is 1. The maximum Gasteiger partial charge on any atom is 0.329 e. The number of carbonyl (C=O) groups is 5. The van der Waals surface area contributed by atoms with Gasteiger partial charge in [0.05, 0.1) is 12.0 Å². The summed E-state index contributed by atoms with van der Waals surface area (Å²) in [5, 5.41) is 36.0. The van der Waals surface area contributed by atoms with E-state index in [1.165, 1.54) is 0 Å². The zero-order valence-corrected chi connectivity index (χ0v) is 26.3. The number of hydrogen-bond acceptors (Lipinski definition) is 9. The van der Waals surface area contributed by atoms with E-state index in [0.29, 0.717) is 32.1 Å². The number of amides is 1. The Balaban J connectivity index is 1.35. The minimum atomic E-state index is -2.43. The first-order valence-electron chi connectivity index (χ1n) is 16.3. The third kappa shape index (κ3) is 4.52. The third-order valence-corrected chi connectivity index (χ3v) is 11.8. The minimum Gasteiger partial charge on any atom is -0.481 e. The SMILES string of the molecule is C=C1C(=O)[C@]23[C@H](OC(=O)C(Cc4ccccc4)NC(=O)CCCCC(=O)O)[C@@H]1CC[C@H]2[C@@]12CO[C@]3(O)[C@@H](O)[C@@H]1C(C)(C)CCC2=O. The number of hydrogen-bond donors (Lipinski definition) is 4. The van der Waals surface area contributed by atoms with Gasteiger partial charge in [-0.15, -0.1) is 0 Å². The lowest BCUT2D eigenvalue weighted by Crippen LogP contribution is -2.85. The number of carbonyl (C=O) groups excluding carboxylic acids is 4. The Morgan fingerprint density at radius 3 is 2.50 bits per heavy atom. The van der Waals surface area contributed by atoms with Gasteiger partial charge in [0.15, 0.2) is 5.78 Å². The second kappa shape index (κ2) is 11.4. The van der Waals surface area contributed by atoms with E-state index in [1.54, 1.807) is 24.3 Å². The molecule has 2 aliphatic heterocycles. The number of aliphatic hydroxyl groups excluding tert-OH is 1. The molecule has 1 aromatic carbocycles. The summed E-state index contributed by atoms with van der Waals surface area (Å²) >= 11 is 0. The number of Topliss-reactive ketones (excluding diaryl/α,β-unsaturated/α-hetero) is 2. The van der Waals surface area contributed by atoms with E-state index in [4.69, 9.17) is 14.6 Å². The molecule has 1 unspecified atom stereocenters. The van der Waals surface area contributed by atoms with Gasteiger partial charge in [-0.1, -0.05) is 50.8 Å². The van der Waals surface area contributed by atoms with Crippen LogP contribution in [0.25, 0.3) is 0 Å². The van der Waals surface area contributed by atoms with E-state index < -0.39 is 81.7 Å². The van der Waals surface area contributed by atoms with Gasteiger partial charge >= 0.3 is 11.9 Å². The number of benzene rings is 1. The number of carboxylic acid groups (broad SMARTS) is 1. The molecule has 6 aliphatic rings. The van der Waals surface area contributed by atoms with Crippen LogP contribution in [0.5, 0.6) is 0 Å².